The largest absolute Gasteiger partial charge is 0.314 e. The van der Waals surface area contributed by atoms with Crippen LogP contribution in [-0.4, -0.2) is 12.6 Å². The molecule has 0 bridgehead atoms. The minimum atomic E-state index is 0.599. The summed E-state index contributed by atoms with van der Waals surface area (Å²) in [6.07, 6.45) is 4.14. The van der Waals surface area contributed by atoms with Gasteiger partial charge in [0.15, 0.2) is 0 Å². The van der Waals surface area contributed by atoms with E-state index < -0.39 is 0 Å². The van der Waals surface area contributed by atoms with Crippen LogP contribution in [0.5, 0.6) is 0 Å². The first-order valence-corrected chi connectivity index (χ1v) is 7.80. The summed E-state index contributed by atoms with van der Waals surface area (Å²) in [6.45, 7) is 12.4. The van der Waals surface area contributed by atoms with Crippen molar-refractivity contribution in [2.75, 3.05) is 6.54 Å². The van der Waals surface area contributed by atoms with E-state index in [1.54, 1.807) is 5.56 Å². The van der Waals surface area contributed by atoms with Gasteiger partial charge in [-0.25, -0.2) is 0 Å². The maximum atomic E-state index is 3.63. The lowest BCUT2D eigenvalue weighted by Gasteiger charge is -2.24. The molecular weight excluding hydrogens is 230 g/mol. The van der Waals surface area contributed by atoms with Crippen molar-refractivity contribution in [2.24, 2.45) is 5.92 Å². The topological polar surface area (TPSA) is 12.0 Å². The number of rotatable bonds is 4. The molecule has 1 aliphatic carbocycles. The Morgan fingerprint density at radius 1 is 1.05 bits per heavy atom. The molecule has 1 fully saturated rings. The Labute approximate surface area is 118 Å². The highest BCUT2D eigenvalue weighted by atomic mass is 14.9. The van der Waals surface area contributed by atoms with Gasteiger partial charge in [0.25, 0.3) is 0 Å². The normalized spacial score (nSPS) is 23.3. The minimum absolute atomic E-state index is 0.599. The average Bonchev–Trinajstić information content (AvgIpc) is 2.79. The van der Waals surface area contributed by atoms with Gasteiger partial charge in [-0.1, -0.05) is 32.4 Å². The van der Waals surface area contributed by atoms with E-state index >= 15 is 0 Å². The van der Waals surface area contributed by atoms with Crippen LogP contribution in [0.2, 0.25) is 0 Å². The van der Waals surface area contributed by atoms with Gasteiger partial charge < -0.3 is 5.32 Å². The molecule has 1 heteroatoms. The van der Waals surface area contributed by atoms with Gasteiger partial charge in [-0.15, -0.1) is 0 Å². The standard InChI is InChI=1S/C18H29N/c1-12(2)19-11-16-7-6-8-17(16)18-10-14(4)13(3)9-15(18)5/h9-10,12,16-17,19H,6-8,11H2,1-5H3. The summed E-state index contributed by atoms with van der Waals surface area (Å²) in [6, 6.07) is 5.42. The number of benzene rings is 1. The monoisotopic (exact) mass is 259 g/mol. The first-order valence-electron chi connectivity index (χ1n) is 7.80. The highest BCUT2D eigenvalue weighted by Crippen LogP contribution is 2.41. The molecule has 0 amide bonds. The molecule has 106 valence electrons. The SMILES string of the molecule is Cc1cc(C)c(C2CCCC2CNC(C)C)cc1C. The fraction of sp³-hybridized carbons (Fsp3) is 0.667. The van der Waals surface area contributed by atoms with Gasteiger partial charge >= 0.3 is 0 Å². The van der Waals surface area contributed by atoms with Crippen molar-refractivity contribution < 1.29 is 0 Å². The van der Waals surface area contributed by atoms with E-state index in [1.165, 1.54) is 42.5 Å². The van der Waals surface area contributed by atoms with Crippen LogP contribution in [0.3, 0.4) is 0 Å². The summed E-state index contributed by atoms with van der Waals surface area (Å²) in [5, 5.41) is 3.63. The van der Waals surface area contributed by atoms with Gasteiger partial charge in [0.1, 0.15) is 0 Å². The Hall–Kier alpha value is -0.820. The van der Waals surface area contributed by atoms with Crippen LogP contribution in [0.25, 0.3) is 0 Å². The van der Waals surface area contributed by atoms with Crippen molar-refractivity contribution in [1.29, 1.82) is 0 Å². The minimum Gasteiger partial charge on any atom is -0.314 e. The number of aryl methyl sites for hydroxylation is 3. The lowest BCUT2D eigenvalue weighted by molar-refractivity contribution is 0.422. The van der Waals surface area contributed by atoms with Gasteiger partial charge in [0.2, 0.25) is 0 Å². The molecule has 1 N–H and O–H groups in total. The van der Waals surface area contributed by atoms with Crippen molar-refractivity contribution in [2.45, 2.75) is 65.8 Å². The molecule has 19 heavy (non-hydrogen) atoms. The molecule has 1 saturated carbocycles. The van der Waals surface area contributed by atoms with E-state index in [2.05, 4.69) is 52.1 Å². The molecular formula is C18H29N. The Kier molecular flexibility index (Phi) is 4.67. The first kappa shape index (κ1) is 14.6. The number of hydrogen-bond acceptors (Lipinski definition) is 1. The van der Waals surface area contributed by atoms with E-state index in [1.807, 2.05) is 0 Å². The van der Waals surface area contributed by atoms with Gasteiger partial charge in [0, 0.05) is 6.04 Å². The van der Waals surface area contributed by atoms with Crippen molar-refractivity contribution in [3.8, 4) is 0 Å². The van der Waals surface area contributed by atoms with E-state index in [0.29, 0.717) is 6.04 Å². The second-order valence-electron chi connectivity index (χ2n) is 6.65. The number of nitrogens with one attached hydrogen (secondary N) is 1. The van der Waals surface area contributed by atoms with Crippen LogP contribution < -0.4 is 5.32 Å². The maximum Gasteiger partial charge on any atom is 0.00104 e. The van der Waals surface area contributed by atoms with Crippen molar-refractivity contribution in [3.63, 3.8) is 0 Å². The third-order valence-electron chi connectivity index (χ3n) is 4.73. The Morgan fingerprint density at radius 2 is 1.74 bits per heavy atom. The molecule has 2 rings (SSSR count). The molecule has 2 atom stereocenters. The summed E-state index contributed by atoms with van der Waals surface area (Å²) < 4.78 is 0. The van der Waals surface area contributed by atoms with Crippen LogP contribution in [0.4, 0.5) is 0 Å². The maximum absolute atomic E-state index is 3.63. The number of hydrogen-bond donors (Lipinski definition) is 1. The summed E-state index contributed by atoms with van der Waals surface area (Å²) in [4.78, 5) is 0. The zero-order valence-electron chi connectivity index (χ0n) is 13.2. The van der Waals surface area contributed by atoms with Crippen LogP contribution in [0.1, 0.15) is 61.3 Å². The molecule has 1 nitrogen and oxygen atoms in total. The summed E-state index contributed by atoms with van der Waals surface area (Å²) in [5.41, 5.74) is 5.97. The molecule has 0 aromatic heterocycles. The van der Waals surface area contributed by atoms with Crippen LogP contribution in [-0.2, 0) is 0 Å². The molecule has 1 aromatic carbocycles. The quantitative estimate of drug-likeness (QED) is 0.840. The lowest BCUT2D eigenvalue weighted by atomic mass is 9.84. The molecule has 0 spiro atoms. The van der Waals surface area contributed by atoms with Crippen molar-refractivity contribution in [1.82, 2.24) is 5.32 Å². The Morgan fingerprint density at radius 3 is 2.42 bits per heavy atom. The van der Waals surface area contributed by atoms with Gasteiger partial charge in [-0.2, -0.15) is 0 Å². The molecule has 2 unspecified atom stereocenters. The second kappa shape index (κ2) is 6.09. The zero-order chi connectivity index (χ0) is 14.0. The van der Waals surface area contributed by atoms with Crippen molar-refractivity contribution in [3.05, 3.63) is 34.4 Å². The van der Waals surface area contributed by atoms with E-state index in [-0.39, 0.29) is 0 Å². The third kappa shape index (κ3) is 3.39. The Balaban J connectivity index is 2.18. The fourth-order valence-corrected chi connectivity index (χ4v) is 3.46. The van der Waals surface area contributed by atoms with E-state index in [0.717, 1.165) is 11.8 Å². The fourth-order valence-electron chi connectivity index (χ4n) is 3.46. The summed E-state index contributed by atoms with van der Waals surface area (Å²) in [7, 11) is 0. The Bertz CT molecular complexity index is 434. The summed E-state index contributed by atoms with van der Waals surface area (Å²) >= 11 is 0. The summed E-state index contributed by atoms with van der Waals surface area (Å²) in [5.74, 6) is 1.59. The lowest BCUT2D eigenvalue weighted by Crippen LogP contribution is -2.30. The third-order valence-corrected chi connectivity index (χ3v) is 4.73. The molecule has 0 heterocycles. The van der Waals surface area contributed by atoms with Crippen LogP contribution >= 0.6 is 0 Å². The van der Waals surface area contributed by atoms with E-state index in [4.69, 9.17) is 0 Å². The van der Waals surface area contributed by atoms with Gasteiger partial charge in [-0.05, 0) is 74.2 Å². The first-order chi connectivity index (χ1) is 8.99. The smallest absolute Gasteiger partial charge is 0.00104 e. The molecule has 1 aromatic rings. The zero-order valence-corrected chi connectivity index (χ0v) is 13.2. The highest BCUT2D eigenvalue weighted by Gasteiger charge is 2.29. The molecule has 0 radical (unpaired) electrons. The highest BCUT2D eigenvalue weighted by molar-refractivity contribution is 5.39. The predicted octanol–water partition coefficient (Wildman–Crippen LogP) is 4.49. The van der Waals surface area contributed by atoms with Crippen LogP contribution in [0.15, 0.2) is 12.1 Å². The van der Waals surface area contributed by atoms with E-state index in [9.17, 15) is 0 Å². The predicted molar refractivity (Wildman–Crippen MR) is 83.9 cm³/mol. The molecule has 1 aliphatic rings. The van der Waals surface area contributed by atoms with Crippen LogP contribution in [0, 0.1) is 26.7 Å². The second-order valence-corrected chi connectivity index (χ2v) is 6.65. The van der Waals surface area contributed by atoms with Crippen molar-refractivity contribution >= 4 is 0 Å². The molecule has 0 aliphatic heterocycles. The van der Waals surface area contributed by atoms with Gasteiger partial charge in [-0.3, -0.25) is 0 Å². The van der Waals surface area contributed by atoms with Gasteiger partial charge in [0.05, 0.1) is 0 Å². The molecule has 0 saturated heterocycles. The average molecular weight is 259 g/mol.